The molecule has 0 atom stereocenters. The largest absolute Gasteiger partial charge is 0.336 e. The van der Waals surface area contributed by atoms with Gasteiger partial charge in [0.15, 0.2) is 0 Å². The number of amides is 1. The molecule has 0 aliphatic carbocycles. The van der Waals surface area contributed by atoms with Gasteiger partial charge in [-0.1, -0.05) is 18.2 Å². The maximum atomic E-state index is 11.6. The molecule has 0 fully saturated rings. The minimum absolute atomic E-state index is 0.449. The van der Waals surface area contributed by atoms with Gasteiger partial charge in [-0.15, -0.1) is 0 Å². The van der Waals surface area contributed by atoms with E-state index >= 15 is 0 Å². The van der Waals surface area contributed by atoms with Crippen molar-refractivity contribution >= 4 is 21.9 Å². The molecule has 1 aromatic carbocycles. The fourth-order valence-corrected chi connectivity index (χ4v) is 1.45. The molecule has 0 bridgehead atoms. The second-order valence-corrected chi connectivity index (χ2v) is 4.76. The van der Waals surface area contributed by atoms with Gasteiger partial charge in [0.1, 0.15) is 6.61 Å². The fourth-order valence-electron chi connectivity index (χ4n) is 1.08. The summed E-state index contributed by atoms with van der Waals surface area (Å²) in [4.78, 5) is 12.9. The average Bonchev–Trinajstić information content (AvgIpc) is 2.36. The molecule has 1 aromatic rings. The third-order valence-corrected chi connectivity index (χ3v) is 3.03. The fraction of sp³-hybridized carbons (Fsp3) is 0.300. The first-order chi connectivity index (χ1) is 7.96. The number of nitrogens with zero attached hydrogens (tertiary/aromatic N) is 1. The van der Waals surface area contributed by atoms with Crippen molar-refractivity contribution in [3.63, 3.8) is 0 Å². The topological polar surface area (TPSA) is 75.7 Å². The molecule has 94 valence electrons. The first-order valence-electron chi connectivity index (χ1n) is 4.86. The van der Waals surface area contributed by atoms with Crippen molar-refractivity contribution in [3.05, 3.63) is 30.3 Å². The van der Waals surface area contributed by atoms with Gasteiger partial charge >= 0.3 is 10.3 Å². The smallest absolute Gasteiger partial charge is 0.313 e. The lowest BCUT2D eigenvalue weighted by Crippen LogP contribution is -2.33. The zero-order chi connectivity index (χ0) is 12.9. The zero-order valence-corrected chi connectivity index (χ0v) is 10.4. The minimum atomic E-state index is -3.83. The summed E-state index contributed by atoms with van der Waals surface area (Å²) in [6.45, 7) is -0.533. The Morgan fingerprint density at radius 2 is 1.94 bits per heavy atom. The Bertz CT molecular complexity index is 472. The highest BCUT2D eigenvalue weighted by molar-refractivity contribution is 7.84. The predicted octanol–water partition coefficient (Wildman–Crippen LogP) is 0.130. The van der Waals surface area contributed by atoms with Crippen LogP contribution in [0.1, 0.15) is 0 Å². The number of para-hydroxylation sites is 1. The number of rotatable bonds is 5. The molecule has 0 aliphatic rings. The van der Waals surface area contributed by atoms with Crippen molar-refractivity contribution in [3.8, 4) is 0 Å². The monoisotopic (exact) mass is 258 g/mol. The van der Waals surface area contributed by atoms with Gasteiger partial charge in [0, 0.05) is 19.8 Å². The molecule has 1 N–H and O–H groups in total. The van der Waals surface area contributed by atoms with Gasteiger partial charge in [0.2, 0.25) is 0 Å². The Labute approximate surface area is 100 Å². The van der Waals surface area contributed by atoms with E-state index in [1.165, 1.54) is 11.9 Å². The lowest BCUT2D eigenvalue weighted by atomic mass is 10.3. The van der Waals surface area contributed by atoms with E-state index in [0.29, 0.717) is 5.69 Å². The zero-order valence-electron chi connectivity index (χ0n) is 9.58. The molecule has 0 radical (unpaired) electrons. The summed E-state index contributed by atoms with van der Waals surface area (Å²) in [5, 5.41) is 0. The molecular formula is C10H14N2O4S. The maximum Gasteiger partial charge on any atom is 0.336 e. The summed E-state index contributed by atoms with van der Waals surface area (Å²) in [5.41, 5.74) is 0.669. The van der Waals surface area contributed by atoms with Crippen LogP contribution in [0.2, 0.25) is 0 Å². The third kappa shape index (κ3) is 4.14. The van der Waals surface area contributed by atoms with Gasteiger partial charge in [0.05, 0.1) is 0 Å². The van der Waals surface area contributed by atoms with Crippen molar-refractivity contribution in [1.82, 2.24) is 4.72 Å². The van der Waals surface area contributed by atoms with Crippen molar-refractivity contribution in [2.24, 2.45) is 0 Å². The molecule has 1 amide bonds. The van der Waals surface area contributed by atoms with Crippen LogP contribution in [-0.4, -0.2) is 35.0 Å². The first-order valence-corrected chi connectivity index (χ1v) is 6.26. The van der Waals surface area contributed by atoms with E-state index in [2.05, 4.69) is 4.18 Å². The van der Waals surface area contributed by atoms with Crippen LogP contribution in [0.3, 0.4) is 0 Å². The molecule has 17 heavy (non-hydrogen) atoms. The Balaban J connectivity index is 2.60. The lowest BCUT2D eigenvalue weighted by Gasteiger charge is -2.16. The van der Waals surface area contributed by atoms with E-state index in [9.17, 15) is 13.2 Å². The molecule has 6 nitrogen and oxygen atoms in total. The summed E-state index contributed by atoms with van der Waals surface area (Å²) in [7, 11) is -1.07. The van der Waals surface area contributed by atoms with E-state index < -0.39 is 22.8 Å². The van der Waals surface area contributed by atoms with Crippen molar-refractivity contribution in [2.75, 3.05) is 25.6 Å². The number of likely N-dealkylation sites (N-methyl/N-ethyl adjacent to an activating group) is 1. The lowest BCUT2D eigenvalue weighted by molar-refractivity contribution is -0.120. The number of anilines is 1. The van der Waals surface area contributed by atoms with Crippen LogP contribution < -0.4 is 9.62 Å². The highest BCUT2D eigenvalue weighted by Gasteiger charge is 2.15. The number of hydrogen-bond donors (Lipinski definition) is 1. The van der Waals surface area contributed by atoms with Crippen LogP contribution >= 0.6 is 0 Å². The van der Waals surface area contributed by atoms with Crippen molar-refractivity contribution in [1.29, 1.82) is 0 Å². The molecule has 0 saturated heterocycles. The van der Waals surface area contributed by atoms with Gasteiger partial charge in [-0.3, -0.25) is 4.79 Å². The number of hydrogen-bond acceptors (Lipinski definition) is 4. The van der Waals surface area contributed by atoms with Gasteiger partial charge in [-0.05, 0) is 12.1 Å². The molecule has 0 spiro atoms. The SMILES string of the molecule is CNS(=O)(=O)OCC(=O)N(C)c1ccccc1. The number of carbonyl (C=O) groups is 1. The van der Waals surface area contributed by atoms with Gasteiger partial charge in [0.25, 0.3) is 5.91 Å². The summed E-state index contributed by atoms with van der Waals surface area (Å²) < 4.78 is 28.3. The highest BCUT2D eigenvalue weighted by atomic mass is 32.2. The second kappa shape index (κ2) is 5.76. The third-order valence-electron chi connectivity index (χ3n) is 2.11. The highest BCUT2D eigenvalue weighted by Crippen LogP contribution is 2.11. The van der Waals surface area contributed by atoms with Crippen LogP contribution in [0, 0.1) is 0 Å². The molecule has 0 saturated carbocycles. The predicted molar refractivity (Wildman–Crippen MR) is 63.8 cm³/mol. The standard InChI is InChI=1S/C10H14N2O4S/c1-11-17(14,15)16-8-10(13)12(2)9-6-4-3-5-7-9/h3-7,11H,8H2,1-2H3. The summed E-state index contributed by atoms with van der Waals surface area (Å²) >= 11 is 0. The molecule has 0 heterocycles. The Kier molecular flexibility index (Phi) is 4.62. The van der Waals surface area contributed by atoms with Crippen LogP contribution in [0.25, 0.3) is 0 Å². The number of benzene rings is 1. The molecule has 0 aliphatic heterocycles. The van der Waals surface area contributed by atoms with Crippen molar-refractivity contribution in [2.45, 2.75) is 0 Å². The van der Waals surface area contributed by atoms with Crippen LogP contribution in [0.5, 0.6) is 0 Å². The second-order valence-electron chi connectivity index (χ2n) is 3.21. The number of nitrogens with one attached hydrogen (secondary N) is 1. The quantitative estimate of drug-likeness (QED) is 0.814. The summed E-state index contributed by atoms with van der Waals surface area (Å²) in [6.07, 6.45) is 0. The van der Waals surface area contributed by atoms with Crippen LogP contribution in [0.15, 0.2) is 30.3 Å². The normalized spacial score (nSPS) is 11.2. The average molecular weight is 258 g/mol. The number of carbonyl (C=O) groups excluding carboxylic acids is 1. The van der Waals surface area contributed by atoms with E-state index in [4.69, 9.17) is 0 Å². The van der Waals surface area contributed by atoms with Gasteiger partial charge in [-0.2, -0.15) is 13.1 Å². The molecule has 0 aromatic heterocycles. The first kappa shape index (κ1) is 13.6. The van der Waals surface area contributed by atoms with Gasteiger partial charge in [-0.25, -0.2) is 4.18 Å². The maximum absolute atomic E-state index is 11.6. The van der Waals surface area contributed by atoms with Gasteiger partial charge < -0.3 is 4.90 Å². The van der Waals surface area contributed by atoms with E-state index in [-0.39, 0.29) is 0 Å². The van der Waals surface area contributed by atoms with Crippen LogP contribution in [0.4, 0.5) is 5.69 Å². The van der Waals surface area contributed by atoms with Crippen LogP contribution in [-0.2, 0) is 19.3 Å². The van der Waals surface area contributed by atoms with E-state index in [1.807, 2.05) is 10.8 Å². The molecule has 1 rings (SSSR count). The summed E-state index contributed by atoms with van der Waals surface area (Å²) in [5.74, 6) is -0.449. The van der Waals surface area contributed by atoms with Crippen molar-refractivity contribution < 1.29 is 17.4 Å². The Morgan fingerprint density at radius 3 is 2.47 bits per heavy atom. The molecule has 0 unspecified atom stereocenters. The Hall–Kier alpha value is -1.44. The van der Waals surface area contributed by atoms with E-state index in [0.717, 1.165) is 0 Å². The molecule has 7 heteroatoms. The molecular weight excluding hydrogens is 244 g/mol. The van der Waals surface area contributed by atoms with E-state index in [1.54, 1.807) is 31.3 Å². The minimum Gasteiger partial charge on any atom is -0.313 e. The summed E-state index contributed by atoms with van der Waals surface area (Å²) in [6, 6.07) is 8.87. The Morgan fingerprint density at radius 1 is 1.35 bits per heavy atom.